The summed E-state index contributed by atoms with van der Waals surface area (Å²) in [6.45, 7) is 0.461. The third-order valence-corrected chi connectivity index (χ3v) is 8.65. The van der Waals surface area contributed by atoms with Gasteiger partial charge >= 0.3 is 6.09 Å². The molecule has 2 N–H and O–H groups in total. The molecular formula is C28H38N2O8S. The lowest BCUT2D eigenvalue weighted by molar-refractivity contribution is -0.156. The number of carbonyl (C=O) groups is 1. The summed E-state index contributed by atoms with van der Waals surface area (Å²) in [7, 11) is -2.64. The number of aliphatic hydroxyl groups excluding tert-OH is 1. The molecule has 0 radical (unpaired) electrons. The zero-order chi connectivity index (χ0) is 27.7. The van der Waals surface area contributed by atoms with E-state index in [9.17, 15) is 18.3 Å². The second kappa shape index (κ2) is 14.1. The molecule has 2 aliphatic rings. The minimum Gasteiger partial charge on any atom is -0.497 e. The van der Waals surface area contributed by atoms with Crippen LogP contribution in [0.4, 0.5) is 4.79 Å². The van der Waals surface area contributed by atoms with Crippen LogP contribution in [0.2, 0.25) is 0 Å². The Balaban J connectivity index is 1.55. The molecular weight excluding hydrogens is 524 g/mol. The highest BCUT2D eigenvalue weighted by Gasteiger charge is 2.34. The molecule has 10 nitrogen and oxygen atoms in total. The van der Waals surface area contributed by atoms with Crippen LogP contribution in [0.5, 0.6) is 5.75 Å². The lowest BCUT2D eigenvalue weighted by Gasteiger charge is -2.32. The Hall–Kier alpha value is -2.70. The van der Waals surface area contributed by atoms with E-state index >= 15 is 0 Å². The van der Waals surface area contributed by atoms with E-state index in [0.717, 1.165) is 42.1 Å². The minimum atomic E-state index is -4.14. The number of ether oxygens (including phenoxy) is 3. The summed E-state index contributed by atoms with van der Waals surface area (Å²) in [6, 6.07) is 14.5. The van der Waals surface area contributed by atoms with Crippen LogP contribution in [0, 0.1) is 0 Å². The highest BCUT2D eigenvalue weighted by Crippen LogP contribution is 2.26. The number of rotatable bonds is 12. The van der Waals surface area contributed by atoms with Gasteiger partial charge in [0.15, 0.2) is 0 Å². The van der Waals surface area contributed by atoms with Crippen LogP contribution in [0.25, 0.3) is 0 Å². The SMILES string of the molecule is COc1ccc(S(=O)(=O)N(C[C@H](O)[C@H](Cc2ccccc2)NC(=O)O[C@H]2CCOC2)OC2CCCCC2)cc1. The molecule has 1 amide bonds. The molecule has 1 saturated heterocycles. The van der Waals surface area contributed by atoms with Crippen molar-refractivity contribution in [1.29, 1.82) is 0 Å². The van der Waals surface area contributed by atoms with Crippen molar-refractivity contribution in [3.05, 3.63) is 60.2 Å². The van der Waals surface area contributed by atoms with Gasteiger partial charge in [0.1, 0.15) is 11.9 Å². The van der Waals surface area contributed by atoms with E-state index in [2.05, 4.69) is 5.32 Å². The first kappa shape index (κ1) is 29.3. The second-order valence-electron chi connectivity index (χ2n) is 9.93. The van der Waals surface area contributed by atoms with E-state index in [-0.39, 0.29) is 30.1 Å². The molecule has 1 aliphatic carbocycles. The summed E-state index contributed by atoms with van der Waals surface area (Å²) in [5.41, 5.74) is 0.865. The maximum Gasteiger partial charge on any atom is 0.407 e. The van der Waals surface area contributed by atoms with Crippen molar-refractivity contribution in [2.45, 2.75) is 74.2 Å². The van der Waals surface area contributed by atoms with Crippen molar-refractivity contribution in [3.63, 3.8) is 0 Å². The molecule has 0 unspecified atom stereocenters. The smallest absolute Gasteiger partial charge is 0.407 e. The van der Waals surface area contributed by atoms with Crippen LogP contribution < -0.4 is 10.1 Å². The Morgan fingerprint density at radius 2 is 1.77 bits per heavy atom. The van der Waals surface area contributed by atoms with E-state index in [1.165, 1.54) is 19.2 Å². The molecule has 11 heteroatoms. The number of nitrogens with one attached hydrogen (secondary N) is 1. The first-order chi connectivity index (χ1) is 18.8. The van der Waals surface area contributed by atoms with Gasteiger partial charge in [0.25, 0.3) is 10.0 Å². The van der Waals surface area contributed by atoms with Gasteiger partial charge in [0.05, 0.1) is 50.0 Å². The van der Waals surface area contributed by atoms with Crippen LogP contribution in [-0.2, 0) is 30.8 Å². The largest absolute Gasteiger partial charge is 0.497 e. The van der Waals surface area contributed by atoms with Gasteiger partial charge in [-0.15, -0.1) is 0 Å². The van der Waals surface area contributed by atoms with Gasteiger partial charge in [0.2, 0.25) is 0 Å². The topological polar surface area (TPSA) is 124 Å². The Bertz CT molecular complexity index is 1130. The monoisotopic (exact) mass is 562 g/mol. The number of hydrogen-bond donors (Lipinski definition) is 2. The van der Waals surface area contributed by atoms with Gasteiger partial charge in [-0.05, 0) is 49.1 Å². The second-order valence-corrected chi connectivity index (χ2v) is 11.8. The molecule has 1 heterocycles. The average Bonchev–Trinajstić information content (AvgIpc) is 3.46. The number of alkyl carbamates (subject to hydrolysis) is 1. The lowest BCUT2D eigenvalue weighted by atomic mass is 9.98. The number of hydrogen-bond acceptors (Lipinski definition) is 8. The predicted octanol–water partition coefficient (Wildman–Crippen LogP) is 3.44. The van der Waals surface area contributed by atoms with Gasteiger partial charge < -0.3 is 24.6 Å². The number of methoxy groups -OCH3 is 1. The molecule has 2 fully saturated rings. The Labute approximate surface area is 230 Å². The summed E-state index contributed by atoms with van der Waals surface area (Å²) in [5.74, 6) is 0.520. The zero-order valence-electron chi connectivity index (χ0n) is 22.2. The van der Waals surface area contributed by atoms with Crippen molar-refractivity contribution in [2.24, 2.45) is 0 Å². The number of carbonyl (C=O) groups excluding carboxylic acids is 1. The Morgan fingerprint density at radius 3 is 2.41 bits per heavy atom. The van der Waals surface area contributed by atoms with E-state index < -0.39 is 28.3 Å². The molecule has 0 spiro atoms. The van der Waals surface area contributed by atoms with Crippen LogP contribution in [0.3, 0.4) is 0 Å². The number of hydroxylamine groups is 1. The van der Waals surface area contributed by atoms with Crippen LogP contribution in [0.15, 0.2) is 59.5 Å². The highest BCUT2D eigenvalue weighted by molar-refractivity contribution is 7.89. The molecule has 214 valence electrons. The van der Waals surface area contributed by atoms with Gasteiger partial charge in [0, 0.05) is 6.42 Å². The summed E-state index contributed by atoms with van der Waals surface area (Å²) in [6.07, 6.45) is 2.64. The van der Waals surface area contributed by atoms with Gasteiger partial charge in [-0.2, -0.15) is 0 Å². The third-order valence-electron chi connectivity index (χ3n) is 7.01. The Kier molecular flexibility index (Phi) is 10.6. The van der Waals surface area contributed by atoms with E-state index in [1.807, 2.05) is 30.3 Å². The van der Waals surface area contributed by atoms with Crippen molar-refractivity contribution < 1.29 is 37.4 Å². The predicted molar refractivity (Wildman–Crippen MR) is 144 cm³/mol. The number of amides is 1. The first-order valence-electron chi connectivity index (χ1n) is 13.5. The standard InChI is InChI=1S/C28H38N2O8S/c1-35-22-12-14-25(15-13-22)39(33,34)30(38-23-10-6-3-7-11-23)19-27(31)26(18-21-8-4-2-5-9-21)29-28(32)37-24-16-17-36-20-24/h2,4-5,8-9,12-15,23-24,26-27,31H,3,6-7,10-11,16-20H2,1H3,(H,29,32)/t24-,26-,27-/m0/s1. The van der Waals surface area contributed by atoms with E-state index in [0.29, 0.717) is 25.4 Å². The molecule has 2 aromatic rings. The molecule has 4 rings (SSSR count). The Morgan fingerprint density at radius 1 is 1.05 bits per heavy atom. The number of nitrogens with zero attached hydrogens (tertiary/aromatic N) is 1. The molecule has 39 heavy (non-hydrogen) atoms. The van der Waals surface area contributed by atoms with E-state index in [4.69, 9.17) is 19.0 Å². The normalized spacial score (nSPS) is 19.9. The van der Waals surface area contributed by atoms with Crippen LogP contribution in [0.1, 0.15) is 44.1 Å². The molecule has 0 bridgehead atoms. The van der Waals surface area contributed by atoms with Crippen LogP contribution in [-0.4, -0.2) is 75.3 Å². The molecule has 2 aromatic carbocycles. The fourth-order valence-corrected chi connectivity index (χ4v) is 6.07. The number of benzene rings is 2. The van der Waals surface area contributed by atoms with Crippen molar-refractivity contribution in [3.8, 4) is 5.75 Å². The minimum absolute atomic E-state index is 0.0134. The maximum atomic E-state index is 13.7. The zero-order valence-corrected chi connectivity index (χ0v) is 23.1. The van der Waals surface area contributed by atoms with Gasteiger partial charge in [-0.25, -0.2) is 13.2 Å². The summed E-state index contributed by atoms with van der Waals surface area (Å²) in [5, 5.41) is 14.1. The lowest BCUT2D eigenvalue weighted by Crippen LogP contribution is -2.51. The molecule has 1 saturated carbocycles. The highest BCUT2D eigenvalue weighted by atomic mass is 32.2. The quantitative estimate of drug-likeness (QED) is 0.377. The first-order valence-corrected chi connectivity index (χ1v) is 14.9. The number of sulfonamides is 1. The summed E-state index contributed by atoms with van der Waals surface area (Å²) >= 11 is 0. The third kappa shape index (κ3) is 8.39. The molecule has 3 atom stereocenters. The summed E-state index contributed by atoms with van der Waals surface area (Å²) in [4.78, 5) is 18.8. The van der Waals surface area contributed by atoms with Gasteiger partial charge in [-0.3, -0.25) is 4.84 Å². The van der Waals surface area contributed by atoms with Crippen molar-refractivity contribution in [2.75, 3.05) is 26.9 Å². The summed E-state index contributed by atoms with van der Waals surface area (Å²) < 4.78 is 44.2. The fraction of sp³-hybridized carbons (Fsp3) is 0.536. The maximum absolute atomic E-state index is 13.7. The van der Waals surface area contributed by atoms with Crippen molar-refractivity contribution >= 4 is 16.1 Å². The average molecular weight is 563 g/mol. The van der Waals surface area contributed by atoms with Crippen molar-refractivity contribution in [1.82, 2.24) is 9.79 Å². The van der Waals surface area contributed by atoms with E-state index in [1.54, 1.807) is 12.1 Å². The molecule has 0 aromatic heterocycles. The number of aliphatic hydroxyl groups is 1. The fourth-order valence-electron chi connectivity index (χ4n) is 4.77. The van der Waals surface area contributed by atoms with Gasteiger partial charge in [-0.1, -0.05) is 54.1 Å². The molecule has 1 aliphatic heterocycles. The van der Waals surface area contributed by atoms with Crippen LogP contribution >= 0.6 is 0 Å².